The van der Waals surface area contributed by atoms with E-state index >= 15 is 0 Å². The molecule has 0 aliphatic rings. The van der Waals surface area contributed by atoms with Crippen LogP contribution in [0.5, 0.6) is 0 Å². The van der Waals surface area contributed by atoms with Crippen molar-refractivity contribution in [2.24, 2.45) is 0 Å². The van der Waals surface area contributed by atoms with E-state index in [0.717, 1.165) is 17.0 Å². The summed E-state index contributed by atoms with van der Waals surface area (Å²) in [5, 5.41) is 3.73. The topological polar surface area (TPSA) is 34.0 Å². The molecule has 124 valence electrons. The molecule has 3 rings (SSSR count). The number of alkyl halides is 3. The number of rotatable bonds is 3. The molecule has 2 aromatic carbocycles. The van der Waals surface area contributed by atoms with Crippen molar-refractivity contribution in [3.63, 3.8) is 0 Å². The molecule has 3 nitrogen and oxygen atoms in total. The minimum atomic E-state index is -4.53. The van der Waals surface area contributed by atoms with Crippen LogP contribution in [0.1, 0.15) is 5.56 Å². The van der Waals surface area contributed by atoms with Crippen molar-refractivity contribution in [3.8, 4) is 0 Å². The molecule has 0 bridgehead atoms. The highest BCUT2D eigenvalue weighted by Crippen LogP contribution is 2.34. The van der Waals surface area contributed by atoms with Gasteiger partial charge in [-0.05, 0) is 35.7 Å². The van der Waals surface area contributed by atoms with Crippen LogP contribution in [0.25, 0.3) is 10.9 Å². The lowest BCUT2D eigenvalue weighted by Crippen LogP contribution is -2.20. The molecule has 1 amide bonds. The lowest BCUT2D eigenvalue weighted by Gasteiger charge is -2.14. The molecule has 0 atom stereocenters. The van der Waals surface area contributed by atoms with Gasteiger partial charge in [-0.2, -0.15) is 13.2 Å². The summed E-state index contributed by atoms with van der Waals surface area (Å²) < 4.78 is 40.5. The van der Waals surface area contributed by atoms with E-state index in [1.54, 1.807) is 22.9 Å². The van der Waals surface area contributed by atoms with Gasteiger partial charge in [0.15, 0.2) is 0 Å². The molecule has 0 spiro atoms. The van der Waals surface area contributed by atoms with Gasteiger partial charge in [-0.3, -0.25) is 4.79 Å². The van der Waals surface area contributed by atoms with Gasteiger partial charge in [-0.25, -0.2) is 0 Å². The minimum absolute atomic E-state index is 0.115. The van der Waals surface area contributed by atoms with Gasteiger partial charge in [0, 0.05) is 16.7 Å². The molecule has 3 aromatic rings. The summed E-state index contributed by atoms with van der Waals surface area (Å²) in [6, 6.07) is 11.9. The summed E-state index contributed by atoms with van der Waals surface area (Å²) in [6.45, 7) is -0.115. The van der Waals surface area contributed by atoms with Gasteiger partial charge in [-0.1, -0.05) is 29.8 Å². The predicted molar refractivity (Wildman–Crippen MR) is 87.0 cm³/mol. The van der Waals surface area contributed by atoms with E-state index in [-0.39, 0.29) is 12.2 Å². The highest BCUT2D eigenvalue weighted by molar-refractivity contribution is 6.31. The van der Waals surface area contributed by atoms with Crippen molar-refractivity contribution in [3.05, 3.63) is 65.3 Å². The fraction of sp³-hybridized carbons (Fsp3) is 0.118. The Bertz CT molecular complexity index is 902. The number of benzene rings is 2. The van der Waals surface area contributed by atoms with Gasteiger partial charge in [0.25, 0.3) is 0 Å². The Morgan fingerprint density at radius 1 is 1.12 bits per heavy atom. The molecule has 0 aliphatic heterocycles. The maximum Gasteiger partial charge on any atom is 0.418 e. The van der Waals surface area contributed by atoms with Gasteiger partial charge < -0.3 is 9.88 Å². The fourth-order valence-corrected chi connectivity index (χ4v) is 2.65. The van der Waals surface area contributed by atoms with Crippen LogP contribution in [-0.4, -0.2) is 10.5 Å². The van der Waals surface area contributed by atoms with Crippen LogP contribution < -0.4 is 5.32 Å². The van der Waals surface area contributed by atoms with Gasteiger partial charge in [0.2, 0.25) is 5.91 Å². The zero-order valence-corrected chi connectivity index (χ0v) is 13.0. The predicted octanol–water partition coefficient (Wildman–Crippen LogP) is 4.95. The van der Waals surface area contributed by atoms with Crippen LogP contribution in [-0.2, 0) is 17.5 Å². The summed E-state index contributed by atoms with van der Waals surface area (Å²) in [5.41, 5.74) is -0.398. The summed E-state index contributed by atoms with van der Waals surface area (Å²) in [6.07, 6.45) is -2.84. The smallest absolute Gasteiger partial charge is 0.338 e. The molecule has 0 unspecified atom stereocenters. The first kappa shape index (κ1) is 16.4. The molecule has 0 saturated carbocycles. The van der Waals surface area contributed by atoms with Gasteiger partial charge in [-0.15, -0.1) is 0 Å². The molecule has 1 N–H and O–H groups in total. The second-order valence-corrected chi connectivity index (χ2v) is 5.67. The monoisotopic (exact) mass is 352 g/mol. The molecule has 1 heterocycles. The van der Waals surface area contributed by atoms with Crippen molar-refractivity contribution in [1.82, 2.24) is 4.57 Å². The number of para-hydroxylation sites is 1. The Morgan fingerprint density at radius 2 is 1.88 bits per heavy atom. The van der Waals surface area contributed by atoms with Crippen molar-refractivity contribution in [2.75, 3.05) is 5.32 Å². The lowest BCUT2D eigenvalue weighted by atomic mass is 10.1. The molecule has 0 fully saturated rings. The zero-order valence-electron chi connectivity index (χ0n) is 12.3. The van der Waals surface area contributed by atoms with Crippen LogP contribution in [0.4, 0.5) is 18.9 Å². The first-order valence-corrected chi connectivity index (χ1v) is 7.43. The second kappa shape index (κ2) is 6.20. The Morgan fingerprint density at radius 3 is 2.62 bits per heavy atom. The molecule has 0 aliphatic carbocycles. The number of anilines is 1. The highest BCUT2D eigenvalue weighted by atomic mass is 35.5. The van der Waals surface area contributed by atoms with E-state index in [1.807, 2.05) is 12.1 Å². The fourth-order valence-electron chi connectivity index (χ4n) is 2.48. The van der Waals surface area contributed by atoms with Gasteiger partial charge >= 0.3 is 6.18 Å². The van der Waals surface area contributed by atoms with Crippen LogP contribution >= 0.6 is 11.6 Å². The number of nitrogens with zero attached hydrogens (tertiary/aromatic N) is 1. The number of hydrogen-bond acceptors (Lipinski definition) is 1. The normalized spacial score (nSPS) is 11.7. The largest absolute Gasteiger partial charge is 0.418 e. The van der Waals surface area contributed by atoms with E-state index in [0.29, 0.717) is 5.02 Å². The Balaban J connectivity index is 1.82. The van der Waals surface area contributed by atoms with Crippen molar-refractivity contribution in [1.29, 1.82) is 0 Å². The summed E-state index contributed by atoms with van der Waals surface area (Å²) >= 11 is 5.95. The molecular weight excluding hydrogens is 341 g/mol. The number of nitrogens with one attached hydrogen (secondary N) is 1. The number of halogens is 4. The summed E-state index contributed by atoms with van der Waals surface area (Å²) in [5.74, 6) is -0.552. The number of fused-ring (bicyclic) bond motifs is 1. The number of amides is 1. The summed E-state index contributed by atoms with van der Waals surface area (Å²) in [7, 11) is 0. The van der Waals surface area contributed by atoms with Crippen molar-refractivity contribution in [2.45, 2.75) is 12.7 Å². The second-order valence-electron chi connectivity index (χ2n) is 5.24. The molecule has 24 heavy (non-hydrogen) atoms. The highest BCUT2D eigenvalue weighted by Gasteiger charge is 2.33. The molecular formula is C17H12ClF3N2O. The number of aromatic nitrogens is 1. The zero-order chi connectivity index (χ0) is 17.3. The first-order valence-electron chi connectivity index (χ1n) is 7.05. The quantitative estimate of drug-likeness (QED) is 0.710. The van der Waals surface area contributed by atoms with Crippen molar-refractivity contribution < 1.29 is 18.0 Å². The standard InChI is InChI=1S/C17H12ClF3N2O/c18-12-6-5-11-7-8-23(15(11)9-12)10-16(24)22-14-4-2-1-3-13(14)17(19,20)21/h1-9H,10H2,(H,22,24). The Labute approximate surface area is 140 Å². The maximum atomic E-state index is 13.0. The van der Waals surface area contributed by atoms with Crippen LogP contribution in [0.3, 0.4) is 0 Å². The Kier molecular flexibility index (Phi) is 4.24. The van der Waals surface area contributed by atoms with Crippen LogP contribution in [0.2, 0.25) is 5.02 Å². The number of carbonyl (C=O) groups excluding carboxylic acids is 1. The van der Waals surface area contributed by atoms with Crippen LogP contribution in [0.15, 0.2) is 54.7 Å². The number of hydrogen-bond donors (Lipinski definition) is 1. The van der Waals surface area contributed by atoms with E-state index in [9.17, 15) is 18.0 Å². The van der Waals surface area contributed by atoms with Gasteiger partial charge in [0.05, 0.1) is 11.3 Å². The van der Waals surface area contributed by atoms with Crippen molar-refractivity contribution >= 4 is 34.1 Å². The maximum absolute atomic E-state index is 13.0. The van der Waals surface area contributed by atoms with E-state index in [1.165, 1.54) is 18.2 Å². The lowest BCUT2D eigenvalue weighted by molar-refractivity contribution is -0.137. The van der Waals surface area contributed by atoms with E-state index in [4.69, 9.17) is 11.6 Å². The SMILES string of the molecule is O=C(Cn1ccc2ccc(Cl)cc21)Nc1ccccc1C(F)(F)F. The van der Waals surface area contributed by atoms with Crippen LogP contribution in [0, 0.1) is 0 Å². The third-order valence-electron chi connectivity index (χ3n) is 3.56. The van der Waals surface area contributed by atoms with E-state index in [2.05, 4.69) is 5.32 Å². The third-order valence-corrected chi connectivity index (χ3v) is 3.79. The molecule has 1 aromatic heterocycles. The Hall–Kier alpha value is -2.47. The van der Waals surface area contributed by atoms with E-state index < -0.39 is 17.6 Å². The van der Waals surface area contributed by atoms with Gasteiger partial charge in [0.1, 0.15) is 6.54 Å². The first-order chi connectivity index (χ1) is 11.3. The number of carbonyl (C=O) groups is 1. The average molecular weight is 353 g/mol. The summed E-state index contributed by atoms with van der Waals surface area (Å²) in [4.78, 5) is 12.2. The molecule has 0 radical (unpaired) electrons. The average Bonchev–Trinajstić information content (AvgIpc) is 2.89. The molecule has 7 heteroatoms. The third kappa shape index (κ3) is 3.38. The minimum Gasteiger partial charge on any atom is -0.338 e. The molecule has 0 saturated heterocycles.